The van der Waals surface area contributed by atoms with Crippen LogP contribution in [0.15, 0.2) is 42.5 Å². The van der Waals surface area contributed by atoms with E-state index in [1.165, 1.54) is 11.6 Å². The highest BCUT2D eigenvalue weighted by molar-refractivity contribution is 6.30. The average molecular weight is 308 g/mol. The highest BCUT2D eigenvalue weighted by atomic mass is 35.5. The van der Waals surface area contributed by atoms with E-state index >= 15 is 0 Å². The van der Waals surface area contributed by atoms with Gasteiger partial charge in [0.15, 0.2) is 0 Å². The third-order valence-electron chi connectivity index (χ3n) is 3.49. The smallest absolute Gasteiger partial charge is 0.141 e. The third-order valence-corrected chi connectivity index (χ3v) is 3.78. The molecule has 4 heteroatoms. The number of likely N-dealkylation sites (N-methyl/N-ethyl adjacent to an activating group) is 1. The fraction of sp³-hybridized carbons (Fsp3) is 0.294. The topological polar surface area (TPSA) is 21.3 Å². The van der Waals surface area contributed by atoms with Gasteiger partial charge in [-0.2, -0.15) is 0 Å². The Morgan fingerprint density at radius 3 is 2.48 bits per heavy atom. The second-order valence-corrected chi connectivity index (χ2v) is 5.40. The van der Waals surface area contributed by atoms with E-state index in [2.05, 4.69) is 11.4 Å². The zero-order valence-electron chi connectivity index (χ0n) is 12.2. The molecule has 1 atom stereocenters. The molecular weight excluding hydrogens is 289 g/mol. The molecule has 1 unspecified atom stereocenters. The molecule has 0 spiro atoms. The zero-order chi connectivity index (χ0) is 15.2. The van der Waals surface area contributed by atoms with Crippen LogP contribution in [0.3, 0.4) is 0 Å². The normalized spacial score (nSPS) is 12.2. The Morgan fingerprint density at radius 1 is 1.14 bits per heavy atom. The Balaban J connectivity index is 2.07. The lowest BCUT2D eigenvalue weighted by Gasteiger charge is -2.17. The van der Waals surface area contributed by atoms with Gasteiger partial charge >= 0.3 is 0 Å². The van der Waals surface area contributed by atoms with E-state index in [-0.39, 0.29) is 16.9 Å². The zero-order valence-corrected chi connectivity index (χ0v) is 13.0. The molecule has 0 saturated carbocycles. The number of ether oxygens (including phenoxy) is 1. The molecule has 0 aliphatic carbocycles. The molecule has 0 fully saturated rings. The fourth-order valence-corrected chi connectivity index (χ4v) is 2.51. The predicted octanol–water partition coefficient (Wildman–Crippen LogP) is 3.86. The van der Waals surface area contributed by atoms with Crippen molar-refractivity contribution in [3.05, 3.63) is 64.4 Å². The summed E-state index contributed by atoms with van der Waals surface area (Å²) >= 11 is 5.83. The van der Waals surface area contributed by atoms with Gasteiger partial charge in [-0.05, 0) is 55.3 Å². The Bertz CT molecular complexity index is 603. The van der Waals surface area contributed by atoms with E-state index < -0.39 is 0 Å². The van der Waals surface area contributed by atoms with Crippen LogP contribution in [0, 0.1) is 5.82 Å². The van der Waals surface area contributed by atoms with E-state index in [1.54, 1.807) is 19.2 Å². The second kappa shape index (κ2) is 7.43. The van der Waals surface area contributed by atoms with E-state index in [0.29, 0.717) is 0 Å². The van der Waals surface area contributed by atoms with Crippen molar-refractivity contribution < 1.29 is 9.13 Å². The number of methoxy groups -OCH3 is 1. The van der Waals surface area contributed by atoms with Crippen molar-refractivity contribution >= 4 is 11.6 Å². The minimum atomic E-state index is -0.380. The first-order valence-corrected chi connectivity index (χ1v) is 7.24. The molecule has 0 radical (unpaired) electrons. The molecule has 0 saturated heterocycles. The Morgan fingerprint density at radius 2 is 1.86 bits per heavy atom. The maximum Gasteiger partial charge on any atom is 0.141 e. The first-order valence-electron chi connectivity index (χ1n) is 6.86. The van der Waals surface area contributed by atoms with E-state index in [4.69, 9.17) is 16.3 Å². The summed E-state index contributed by atoms with van der Waals surface area (Å²) in [6.45, 7) is 0. The van der Waals surface area contributed by atoms with Crippen LogP contribution in [-0.2, 0) is 12.8 Å². The van der Waals surface area contributed by atoms with Crippen LogP contribution in [0.25, 0.3) is 0 Å². The standard InChI is InChI=1S/C17H19ClFNO/c1-20-14(8-12-4-3-5-15(10-12)21-2)9-13-6-7-17(19)16(18)11-13/h3-7,10-11,14,20H,8-9H2,1-2H3. The molecule has 0 bridgehead atoms. The van der Waals surface area contributed by atoms with Crippen LogP contribution in [0.2, 0.25) is 5.02 Å². The molecule has 2 nitrogen and oxygen atoms in total. The fourth-order valence-electron chi connectivity index (χ4n) is 2.31. The molecule has 2 rings (SSSR count). The van der Waals surface area contributed by atoms with Gasteiger partial charge in [-0.25, -0.2) is 4.39 Å². The van der Waals surface area contributed by atoms with Crippen LogP contribution >= 0.6 is 11.6 Å². The summed E-state index contributed by atoms with van der Waals surface area (Å²) in [5, 5.41) is 3.46. The molecule has 0 amide bonds. The third kappa shape index (κ3) is 4.45. The van der Waals surface area contributed by atoms with Crippen molar-refractivity contribution in [1.29, 1.82) is 0 Å². The quantitative estimate of drug-likeness (QED) is 0.875. The van der Waals surface area contributed by atoms with Crippen LogP contribution in [-0.4, -0.2) is 20.2 Å². The molecule has 0 heterocycles. The number of rotatable bonds is 6. The number of hydrogen-bond donors (Lipinski definition) is 1. The van der Waals surface area contributed by atoms with Gasteiger partial charge in [-0.15, -0.1) is 0 Å². The summed E-state index contributed by atoms with van der Waals surface area (Å²) in [4.78, 5) is 0. The van der Waals surface area contributed by atoms with Crippen LogP contribution in [0.1, 0.15) is 11.1 Å². The van der Waals surface area contributed by atoms with Gasteiger partial charge in [-0.1, -0.05) is 29.8 Å². The number of hydrogen-bond acceptors (Lipinski definition) is 2. The first kappa shape index (κ1) is 15.8. The predicted molar refractivity (Wildman–Crippen MR) is 84.7 cm³/mol. The SMILES string of the molecule is CNC(Cc1cccc(OC)c1)Cc1ccc(F)c(Cl)c1. The second-order valence-electron chi connectivity index (χ2n) is 4.99. The maximum atomic E-state index is 13.2. The maximum absolute atomic E-state index is 13.2. The molecule has 1 N–H and O–H groups in total. The van der Waals surface area contributed by atoms with Gasteiger partial charge in [0, 0.05) is 6.04 Å². The molecule has 0 aliphatic rings. The van der Waals surface area contributed by atoms with E-state index in [9.17, 15) is 4.39 Å². The Labute approximate surface area is 129 Å². The molecule has 2 aromatic rings. The van der Waals surface area contributed by atoms with Crippen LogP contribution < -0.4 is 10.1 Å². The largest absolute Gasteiger partial charge is 0.497 e. The monoisotopic (exact) mass is 307 g/mol. The van der Waals surface area contributed by atoms with Crippen LogP contribution in [0.5, 0.6) is 5.75 Å². The lowest BCUT2D eigenvalue weighted by Crippen LogP contribution is -2.29. The van der Waals surface area contributed by atoms with Gasteiger partial charge < -0.3 is 10.1 Å². The van der Waals surface area contributed by atoms with Crippen LogP contribution in [0.4, 0.5) is 4.39 Å². The summed E-state index contributed by atoms with van der Waals surface area (Å²) in [6, 6.07) is 13.1. The van der Waals surface area contributed by atoms with Gasteiger partial charge in [-0.3, -0.25) is 0 Å². The Kier molecular flexibility index (Phi) is 5.59. The summed E-state index contributed by atoms with van der Waals surface area (Å²) in [6.07, 6.45) is 1.65. The number of nitrogens with one attached hydrogen (secondary N) is 1. The minimum absolute atomic E-state index is 0.170. The van der Waals surface area contributed by atoms with Gasteiger partial charge in [0.25, 0.3) is 0 Å². The molecule has 21 heavy (non-hydrogen) atoms. The van der Waals surface area contributed by atoms with Crippen molar-refractivity contribution in [3.63, 3.8) is 0 Å². The highest BCUT2D eigenvalue weighted by Crippen LogP contribution is 2.19. The van der Waals surface area contributed by atoms with Gasteiger partial charge in [0.05, 0.1) is 12.1 Å². The molecule has 0 aromatic heterocycles. The summed E-state index contributed by atoms with van der Waals surface area (Å²) < 4.78 is 18.4. The number of halogens is 2. The Hall–Kier alpha value is -1.58. The average Bonchev–Trinajstić information content (AvgIpc) is 2.50. The van der Waals surface area contributed by atoms with Gasteiger partial charge in [0.2, 0.25) is 0 Å². The van der Waals surface area contributed by atoms with Crippen molar-refractivity contribution in [2.24, 2.45) is 0 Å². The van der Waals surface area contributed by atoms with Crippen molar-refractivity contribution in [2.45, 2.75) is 18.9 Å². The number of benzene rings is 2. The summed E-state index contributed by atoms with van der Waals surface area (Å²) in [5.41, 5.74) is 2.21. The lowest BCUT2D eigenvalue weighted by molar-refractivity contribution is 0.414. The minimum Gasteiger partial charge on any atom is -0.497 e. The van der Waals surface area contributed by atoms with Crippen molar-refractivity contribution in [2.75, 3.05) is 14.2 Å². The molecule has 112 valence electrons. The summed E-state index contributed by atoms with van der Waals surface area (Å²) in [7, 11) is 3.59. The molecular formula is C17H19ClFNO. The first-order chi connectivity index (χ1) is 10.1. The molecule has 0 aliphatic heterocycles. The summed E-state index contributed by atoms with van der Waals surface area (Å²) in [5.74, 6) is 0.474. The van der Waals surface area contributed by atoms with E-state index in [0.717, 1.165) is 24.2 Å². The van der Waals surface area contributed by atoms with Gasteiger partial charge in [0.1, 0.15) is 11.6 Å². The van der Waals surface area contributed by atoms with Crippen molar-refractivity contribution in [1.82, 2.24) is 5.32 Å². The lowest BCUT2D eigenvalue weighted by atomic mass is 9.99. The van der Waals surface area contributed by atoms with E-state index in [1.807, 2.05) is 25.2 Å². The molecule has 2 aromatic carbocycles. The van der Waals surface area contributed by atoms with Crippen molar-refractivity contribution in [3.8, 4) is 5.75 Å². The highest BCUT2D eigenvalue weighted by Gasteiger charge is 2.10.